The molecule has 1 fully saturated rings. The zero-order valence-electron chi connectivity index (χ0n) is 10.6. The van der Waals surface area contributed by atoms with Crippen molar-refractivity contribution in [1.82, 2.24) is 0 Å². The first-order valence-electron chi connectivity index (χ1n) is 6.94. The largest absolute Gasteiger partial charge is 0.486 e. The average Bonchev–Trinajstić information content (AvgIpc) is 2.65. The minimum absolute atomic E-state index is 0.0424. The maximum atomic E-state index is 6.38. The summed E-state index contributed by atoms with van der Waals surface area (Å²) in [4.78, 5) is 0. The lowest BCUT2D eigenvalue weighted by Crippen LogP contribution is -2.40. The van der Waals surface area contributed by atoms with Gasteiger partial charge in [-0.15, -0.1) is 0 Å². The zero-order valence-corrected chi connectivity index (χ0v) is 12.2. The standard InChI is InChI=1S/C15H20BrNO/c16-11-4-5-14-12(10-11)13(6-9-17)15(18-14)7-2-1-3-8-15/h4-5,10,13H,1-3,6-9,17H2/t13-/m1/s1. The van der Waals surface area contributed by atoms with Gasteiger partial charge in [-0.25, -0.2) is 0 Å². The van der Waals surface area contributed by atoms with Gasteiger partial charge in [0.25, 0.3) is 0 Å². The number of ether oxygens (including phenoxy) is 1. The Morgan fingerprint density at radius 1 is 1.28 bits per heavy atom. The Morgan fingerprint density at radius 2 is 2.06 bits per heavy atom. The van der Waals surface area contributed by atoms with Crippen molar-refractivity contribution in [2.24, 2.45) is 5.73 Å². The number of rotatable bonds is 2. The van der Waals surface area contributed by atoms with E-state index in [0.717, 1.165) is 23.2 Å². The van der Waals surface area contributed by atoms with Crippen molar-refractivity contribution >= 4 is 15.9 Å². The number of benzene rings is 1. The van der Waals surface area contributed by atoms with Crippen molar-refractivity contribution in [3.8, 4) is 5.75 Å². The molecular weight excluding hydrogens is 290 g/mol. The van der Waals surface area contributed by atoms with E-state index in [2.05, 4.69) is 34.1 Å². The van der Waals surface area contributed by atoms with Crippen molar-refractivity contribution < 1.29 is 4.74 Å². The van der Waals surface area contributed by atoms with Gasteiger partial charge in [0.15, 0.2) is 0 Å². The van der Waals surface area contributed by atoms with Crippen LogP contribution in [0.15, 0.2) is 22.7 Å². The lowest BCUT2D eigenvalue weighted by molar-refractivity contribution is 0.0269. The van der Waals surface area contributed by atoms with E-state index in [1.807, 2.05) is 0 Å². The minimum Gasteiger partial charge on any atom is -0.486 e. The van der Waals surface area contributed by atoms with Crippen molar-refractivity contribution in [2.75, 3.05) is 6.54 Å². The lowest BCUT2D eigenvalue weighted by atomic mass is 9.73. The fourth-order valence-electron chi connectivity index (χ4n) is 3.64. The summed E-state index contributed by atoms with van der Waals surface area (Å²) in [6.45, 7) is 0.738. The molecule has 1 aliphatic carbocycles. The third-order valence-corrected chi connectivity index (χ3v) is 4.94. The van der Waals surface area contributed by atoms with E-state index in [0.29, 0.717) is 5.92 Å². The molecule has 0 saturated heterocycles. The Labute approximate surface area is 117 Å². The number of hydrogen-bond acceptors (Lipinski definition) is 2. The molecule has 0 bridgehead atoms. The first-order valence-corrected chi connectivity index (χ1v) is 7.73. The highest BCUT2D eigenvalue weighted by molar-refractivity contribution is 9.10. The molecule has 3 heteroatoms. The molecule has 0 unspecified atom stereocenters. The summed E-state index contributed by atoms with van der Waals surface area (Å²) in [6, 6.07) is 6.39. The van der Waals surface area contributed by atoms with Gasteiger partial charge in [-0.05, 0) is 56.8 Å². The topological polar surface area (TPSA) is 35.2 Å². The van der Waals surface area contributed by atoms with Crippen LogP contribution in [0.2, 0.25) is 0 Å². The monoisotopic (exact) mass is 309 g/mol. The maximum Gasteiger partial charge on any atom is 0.123 e. The molecule has 18 heavy (non-hydrogen) atoms. The predicted octanol–water partition coefficient (Wildman–Crippen LogP) is 3.98. The van der Waals surface area contributed by atoms with Gasteiger partial charge in [-0.3, -0.25) is 0 Å². The average molecular weight is 310 g/mol. The van der Waals surface area contributed by atoms with Crippen LogP contribution in [0.25, 0.3) is 0 Å². The SMILES string of the molecule is NCC[C@@H]1c2cc(Br)ccc2OC12CCCCC2. The van der Waals surface area contributed by atoms with E-state index in [1.165, 1.54) is 37.7 Å². The Balaban J connectivity index is 1.99. The molecule has 1 heterocycles. The van der Waals surface area contributed by atoms with Crippen LogP contribution < -0.4 is 10.5 Å². The Kier molecular flexibility index (Phi) is 3.37. The second-order valence-electron chi connectivity index (χ2n) is 5.54. The Bertz CT molecular complexity index is 440. The molecule has 2 aliphatic rings. The molecule has 0 radical (unpaired) electrons. The van der Waals surface area contributed by atoms with Crippen LogP contribution in [-0.4, -0.2) is 12.1 Å². The number of halogens is 1. The van der Waals surface area contributed by atoms with Gasteiger partial charge in [0, 0.05) is 16.0 Å². The lowest BCUT2D eigenvalue weighted by Gasteiger charge is -2.38. The van der Waals surface area contributed by atoms with E-state index < -0.39 is 0 Å². The molecule has 0 aromatic heterocycles. The maximum absolute atomic E-state index is 6.38. The first-order chi connectivity index (χ1) is 8.75. The summed E-state index contributed by atoms with van der Waals surface area (Å²) in [5, 5.41) is 0. The molecule has 98 valence electrons. The smallest absolute Gasteiger partial charge is 0.123 e. The molecule has 1 aromatic rings. The van der Waals surface area contributed by atoms with E-state index in [4.69, 9.17) is 10.5 Å². The second-order valence-corrected chi connectivity index (χ2v) is 6.46. The fourth-order valence-corrected chi connectivity index (χ4v) is 4.02. The molecule has 3 rings (SSSR count). The van der Waals surface area contributed by atoms with Crippen LogP contribution >= 0.6 is 15.9 Å². The zero-order chi connectivity index (χ0) is 12.6. The van der Waals surface area contributed by atoms with Crippen molar-refractivity contribution in [3.63, 3.8) is 0 Å². The summed E-state index contributed by atoms with van der Waals surface area (Å²) in [7, 11) is 0. The molecule has 0 amide bonds. The Hall–Kier alpha value is -0.540. The summed E-state index contributed by atoms with van der Waals surface area (Å²) in [6.07, 6.45) is 7.32. The molecule has 1 atom stereocenters. The van der Waals surface area contributed by atoms with Gasteiger partial charge in [-0.2, -0.15) is 0 Å². The van der Waals surface area contributed by atoms with Gasteiger partial charge in [0.05, 0.1) is 0 Å². The molecule has 1 aliphatic heterocycles. The predicted molar refractivity (Wildman–Crippen MR) is 77.0 cm³/mol. The first kappa shape index (κ1) is 12.5. The van der Waals surface area contributed by atoms with Crippen LogP contribution in [0.3, 0.4) is 0 Å². The molecule has 2 nitrogen and oxygen atoms in total. The molecular formula is C15H20BrNO. The van der Waals surface area contributed by atoms with Crippen LogP contribution in [-0.2, 0) is 0 Å². The van der Waals surface area contributed by atoms with Gasteiger partial charge in [0.2, 0.25) is 0 Å². The highest BCUT2D eigenvalue weighted by Crippen LogP contribution is 2.53. The van der Waals surface area contributed by atoms with E-state index in [-0.39, 0.29) is 5.60 Å². The molecule has 1 aromatic carbocycles. The van der Waals surface area contributed by atoms with Crippen LogP contribution in [0.4, 0.5) is 0 Å². The molecule has 1 saturated carbocycles. The van der Waals surface area contributed by atoms with Crippen molar-refractivity contribution in [2.45, 2.75) is 50.0 Å². The van der Waals surface area contributed by atoms with Gasteiger partial charge < -0.3 is 10.5 Å². The summed E-state index contributed by atoms with van der Waals surface area (Å²) < 4.78 is 7.52. The summed E-state index contributed by atoms with van der Waals surface area (Å²) in [5.41, 5.74) is 7.23. The third-order valence-electron chi connectivity index (χ3n) is 4.45. The van der Waals surface area contributed by atoms with Gasteiger partial charge in [-0.1, -0.05) is 22.4 Å². The molecule has 1 spiro atoms. The van der Waals surface area contributed by atoms with E-state index >= 15 is 0 Å². The van der Waals surface area contributed by atoms with E-state index in [1.54, 1.807) is 0 Å². The van der Waals surface area contributed by atoms with Crippen LogP contribution in [0.5, 0.6) is 5.75 Å². The fraction of sp³-hybridized carbons (Fsp3) is 0.600. The number of fused-ring (bicyclic) bond motifs is 1. The summed E-state index contributed by atoms with van der Waals surface area (Å²) in [5.74, 6) is 1.56. The van der Waals surface area contributed by atoms with E-state index in [9.17, 15) is 0 Å². The van der Waals surface area contributed by atoms with Gasteiger partial charge >= 0.3 is 0 Å². The Morgan fingerprint density at radius 3 is 2.78 bits per heavy atom. The third kappa shape index (κ3) is 1.97. The normalized spacial score (nSPS) is 24.9. The molecule has 2 N–H and O–H groups in total. The number of nitrogens with two attached hydrogens (primary N) is 1. The minimum atomic E-state index is 0.0424. The van der Waals surface area contributed by atoms with Gasteiger partial charge in [0.1, 0.15) is 11.4 Å². The highest BCUT2D eigenvalue weighted by Gasteiger charge is 2.48. The summed E-state index contributed by atoms with van der Waals surface area (Å²) >= 11 is 3.57. The second kappa shape index (κ2) is 4.86. The van der Waals surface area contributed by atoms with Crippen LogP contribution in [0.1, 0.15) is 50.0 Å². The quantitative estimate of drug-likeness (QED) is 0.897. The van der Waals surface area contributed by atoms with Crippen LogP contribution in [0, 0.1) is 0 Å². The highest BCUT2D eigenvalue weighted by atomic mass is 79.9. The van der Waals surface area contributed by atoms with Crippen molar-refractivity contribution in [1.29, 1.82) is 0 Å². The van der Waals surface area contributed by atoms with Crippen molar-refractivity contribution in [3.05, 3.63) is 28.2 Å². The number of hydrogen-bond donors (Lipinski definition) is 1.